The molecule has 1 rings (SSSR count). The fourth-order valence-corrected chi connectivity index (χ4v) is 3.83. The van der Waals surface area contributed by atoms with Crippen LogP contribution in [0.15, 0.2) is 22.7 Å². The highest BCUT2D eigenvalue weighted by molar-refractivity contribution is 9.10. The quantitative estimate of drug-likeness (QED) is 0.771. The van der Waals surface area contributed by atoms with E-state index in [0.29, 0.717) is 10.6 Å². The first-order chi connectivity index (χ1) is 8.44. The maximum Gasteiger partial charge on any atom is 0.351 e. The molecule has 0 aliphatic rings. The number of rotatable bonds is 6. The van der Waals surface area contributed by atoms with Crippen LogP contribution in [0.5, 0.6) is 0 Å². The van der Waals surface area contributed by atoms with Crippen LogP contribution in [0.4, 0.5) is 0 Å². The molecular weight excluding hydrogens is 340 g/mol. The van der Waals surface area contributed by atoms with Crippen molar-refractivity contribution in [2.75, 3.05) is 13.2 Å². The summed E-state index contributed by atoms with van der Waals surface area (Å²) in [5, 5.41) is 0.435. The maximum atomic E-state index is 12.5. The molecule has 0 aliphatic heterocycles. The normalized spacial score (nSPS) is 13.6. The van der Waals surface area contributed by atoms with E-state index in [1.807, 2.05) is 0 Å². The molecule has 2 N–H and O–H groups in total. The average molecular weight is 357 g/mol. The first-order valence-corrected chi connectivity index (χ1v) is 8.32. The minimum Gasteiger partial charge on any atom is -0.314 e. The second-order valence-corrected chi connectivity index (χ2v) is 6.96. The van der Waals surface area contributed by atoms with Crippen molar-refractivity contribution in [1.82, 2.24) is 0 Å². The third kappa shape index (κ3) is 3.80. The largest absolute Gasteiger partial charge is 0.351 e. The SMILES string of the molecule is CCOP(=O)(OCC)[C@@H](N)c1cc(Br)ccc1Cl. The van der Waals surface area contributed by atoms with E-state index in [9.17, 15) is 4.57 Å². The Kier molecular flexibility index (Phi) is 6.31. The van der Waals surface area contributed by atoms with Crippen molar-refractivity contribution in [3.8, 4) is 0 Å². The van der Waals surface area contributed by atoms with Crippen molar-refractivity contribution in [3.05, 3.63) is 33.3 Å². The summed E-state index contributed by atoms with van der Waals surface area (Å²) < 4.78 is 23.8. The smallest absolute Gasteiger partial charge is 0.314 e. The van der Waals surface area contributed by atoms with Crippen LogP contribution in [0.3, 0.4) is 0 Å². The molecule has 0 unspecified atom stereocenters. The van der Waals surface area contributed by atoms with Gasteiger partial charge in [-0.1, -0.05) is 27.5 Å². The van der Waals surface area contributed by atoms with E-state index in [4.69, 9.17) is 26.4 Å². The molecule has 0 fully saturated rings. The lowest BCUT2D eigenvalue weighted by Gasteiger charge is -2.24. The molecular formula is C11H16BrClNO3P. The van der Waals surface area contributed by atoms with E-state index in [1.54, 1.807) is 32.0 Å². The Balaban J connectivity index is 3.13. The fraction of sp³-hybridized carbons (Fsp3) is 0.455. The van der Waals surface area contributed by atoms with E-state index < -0.39 is 13.4 Å². The predicted molar refractivity (Wildman–Crippen MR) is 76.9 cm³/mol. The number of hydrogen-bond donors (Lipinski definition) is 1. The Labute approximate surface area is 120 Å². The molecule has 0 aromatic heterocycles. The molecule has 1 atom stereocenters. The van der Waals surface area contributed by atoms with Crippen molar-refractivity contribution in [3.63, 3.8) is 0 Å². The van der Waals surface area contributed by atoms with E-state index in [1.165, 1.54) is 0 Å². The lowest BCUT2D eigenvalue weighted by Crippen LogP contribution is -2.15. The van der Waals surface area contributed by atoms with Crippen molar-refractivity contribution < 1.29 is 13.6 Å². The lowest BCUT2D eigenvalue weighted by atomic mass is 10.2. The number of halogens is 2. The predicted octanol–water partition coefficient (Wildman–Crippen LogP) is 4.33. The van der Waals surface area contributed by atoms with Crippen LogP contribution >= 0.6 is 35.1 Å². The standard InChI is InChI=1S/C11H16BrClNO3P/c1-3-16-18(15,17-4-2)11(14)9-7-8(12)5-6-10(9)13/h5-7,11H,3-4,14H2,1-2H3/t11-/m1/s1. The van der Waals surface area contributed by atoms with Crippen molar-refractivity contribution >= 4 is 35.1 Å². The zero-order chi connectivity index (χ0) is 13.8. The molecule has 0 radical (unpaired) electrons. The minimum absolute atomic E-state index is 0.261. The molecule has 0 spiro atoms. The number of benzene rings is 1. The van der Waals surface area contributed by atoms with E-state index >= 15 is 0 Å². The zero-order valence-electron chi connectivity index (χ0n) is 10.2. The number of nitrogens with two attached hydrogens (primary N) is 1. The molecule has 1 aromatic rings. The second-order valence-electron chi connectivity index (χ2n) is 3.49. The summed E-state index contributed by atoms with van der Waals surface area (Å²) >= 11 is 9.39. The first kappa shape index (κ1) is 16.2. The Hall–Kier alpha value is 0.1000. The van der Waals surface area contributed by atoms with Gasteiger partial charge in [-0.15, -0.1) is 0 Å². The highest BCUT2D eigenvalue weighted by atomic mass is 79.9. The Morgan fingerprint density at radius 3 is 2.44 bits per heavy atom. The topological polar surface area (TPSA) is 61.5 Å². The summed E-state index contributed by atoms with van der Waals surface area (Å²) in [6, 6.07) is 5.19. The van der Waals surface area contributed by atoms with Crippen LogP contribution in [0.2, 0.25) is 5.02 Å². The van der Waals surface area contributed by atoms with Gasteiger partial charge in [-0.3, -0.25) is 4.57 Å². The van der Waals surface area contributed by atoms with Gasteiger partial charge in [-0.2, -0.15) is 0 Å². The van der Waals surface area contributed by atoms with Crippen LogP contribution in [0, 0.1) is 0 Å². The summed E-state index contributed by atoms with van der Waals surface area (Å²) in [7, 11) is -3.41. The van der Waals surface area contributed by atoms with Gasteiger partial charge in [0.2, 0.25) is 0 Å². The molecule has 7 heteroatoms. The van der Waals surface area contributed by atoms with Crippen LogP contribution in [0.25, 0.3) is 0 Å². The molecule has 0 aliphatic carbocycles. The molecule has 18 heavy (non-hydrogen) atoms. The second kappa shape index (κ2) is 7.04. The monoisotopic (exact) mass is 355 g/mol. The average Bonchev–Trinajstić information content (AvgIpc) is 2.32. The highest BCUT2D eigenvalue weighted by Gasteiger charge is 2.35. The summed E-state index contributed by atoms with van der Waals surface area (Å²) in [6.45, 7) is 4.00. The van der Waals surface area contributed by atoms with Crippen molar-refractivity contribution in [1.29, 1.82) is 0 Å². The molecule has 0 heterocycles. The summed E-state index contributed by atoms with van der Waals surface area (Å²) in [5.41, 5.74) is 6.54. The third-order valence-corrected chi connectivity index (χ3v) is 5.27. The third-order valence-electron chi connectivity index (χ3n) is 2.24. The van der Waals surface area contributed by atoms with Gasteiger partial charge in [-0.05, 0) is 32.0 Å². The molecule has 102 valence electrons. The molecule has 0 saturated carbocycles. The van der Waals surface area contributed by atoms with Crippen LogP contribution in [0.1, 0.15) is 25.2 Å². The Bertz CT molecular complexity index is 448. The molecule has 1 aromatic carbocycles. The van der Waals surface area contributed by atoms with E-state index in [2.05, 4.69) is 15.9 Å². The molecule has 4 nitrogen and oxygen atoms in total. The summed E-state index contributed by atoms with van der Waals surface area (Å²) in [5.74, 6) is -0.901. The van der Waals surface area contributed by atoms with Crippen LogP contribution in [-0.4, -0.2) is 13.2 Å². The van der Waals surface area contributed by atoms with Gasteiger partial charge < -0.3 is 14.8 Å². The fourth-order valence-electron chi connectivity index (χ4n) is 1.47. The van der Waals surface area contributed by atoms with Gasteiger partial charge in [-0.25, -0.2) is 0 Å². The minimum atomic E-state index is -3.41. The van der Waals surface area contributed by atoms with E-state index in [-0.39, 0.29) is 13.2 Å². The van der Waals surface area contributed by atoms with Gasteiger partial charge in [0.25, 0.3) is 0 Å². The Morgan fingerprint density at radius 1 is 1.39 bits per heavy atom. The Morgan fingerprint density at radius 2 is 1.94 bits per heavy atom. The highest BCUT2D eigenvalue weighted by Crippen LogP contribution is 2.59. The maximum absolute atomic E-state index is 12.5. The van der Waals surface area contributed by atoms with Gasteiger partial charge in [0, 0.05) is 15.1 Å². The lowest BCUT2D eigenvalue weighted by molar-refractivity contribution is 0.212. The van der Waals surface area contributed by atoms with Gasteiger partial charge in [0.1, 0.15) is 5.78 Å². The molecule has 0 amide bonds. The number of hydrogen-bond acceptors (Lipinski definition) is 4. The van der Waals surface area contributed by atoms with Crippen molar-refractivity contribution in [2.45, 2.75) is 19.6 Å². The van der Waals surface area contributed by atoms with Crippen LogP contribution in [-0.2, 0) is 13.6 Å². The zero-order valence-corrected chi connectivity index (χ0v) is 13.5. The summed E-state index contributed by atoms with van der Waals surface area (Å²) in [4.78, 5) is 0. The van der Waals surface area contributed by atoms with Gasteiger partial charge >= 0.3 is 7.60 Å². The molecule has 0 saturated heterocycles. The van der Waals surface area contributed by atoms with Crippen molar-refractivity contribution in [2.24, 2.45) is 5.73 Å². The first-order valence-electron chi connectivity index (χ1n) is 5.54. The van der Waals surface area contributed by atoms with Gasteiger partial charge in [0.15, 0.2) is 0 Å². The van der Waals surface area contributed by atoms with Crippen LogP contribution < -0.4 is 5.73 Å². The van der Waals surface area contributed by atoms with E-state index in [0.717, 1.165) is 4.47 Å². The molecule has 0 bridgehead atoms. The summed E-state index contributed by atoms with van der Waals surface area (Å²) in [6.07, 6.45) is 0. The van der Waals surface area contributed by atoms with Gasteiger partial charge in [0.05, 0.1) is 13.2 Å².